The molecule has 5 aromatic rings. The predicted octanol–water partition coefficient (Wildman–Crippen LogP) is 10.6. The molecule has 0 unspecified atom stereocenters. The summed E-state index contributed by atoms with van der Waals surface area (Å²) in [7, 11) is 0. The molecule has 0 radical (unpaired) electrons. The van der Waals surface area contributed by atoms with Crippen LogP contribution < -0.4 is 0 Å². The van der Waals surface area contributed by atoms with Gasteiger partial charge in [0.15, 0.2) is 0 Å². The van der Waals surface area contributed by atoms with Gasteiger partial charge in [-0.05, 0) is 80.6 Å². The number of allylic oxidation sites excluding steroid dienone is 4. The van der Waals surface area contributed by atoms with Gasteiger partial charge in [-0.1, -0.05) is 153 Å². The molecule has 6 rings (SSSR count). The van der Waals surface area contributed by atoms with Crippen molar-refractivity contribution in [3.63, 3.8) is 0 Å². The molecule has 1 heteroatoms. The monoisotopic (exact) mass is 551 g/mol. The van der Waals surface area contributed by atoms with Gasteiger partial charge in [-0.15, -0.1) is 0 Å². The summed E-state index contributed by atoms with van der Waals surface area (Å²) in [5, 5.41) is 9.32. The topological polar surface area (TPSA) is 23.8 Å². The Morgan fingerprint density at radius 1 is 0.767 bits per heavy atom. The maximum absolute atomic E-state index is 9.32. The average molecular weight is 552 g/mol. The summed E-state index contributed by atoms with van der Waals surface area (Å²) in [5.74, 6) is 0. The van der Waals surface area contributed by atoms with E-state index in [9.17, 15) is 5.26 Å². The zero-order chi connectivity index (χ0) is 29.8. The van der Waals surface area contributed by atoms with Gasteiger partial charge in [0.1, 0.15) is 0 Å². The third-order valence-electron chi connectivity index (χ3n) is 8.51. The van der Waals surface area contributed by atoms with Crippen LogP contribution in [-0.4, -0.2) is 0 Å². The summed E-state index contributed by atoms with van der Waals surface area (Å²) < 4.78 is 0. The highest BCUT2D eigenvalue weighted by atomic mass is 14.5. The second-order valence-corrected chi connectivity index (χ2v) is 10.8. The summed E-state index contributed by atoms with van der Waals surface area (Å²) in [6.07, 6.45) is 10.5. The third-order valence-corrected chi connectivity index (χ3v) is 8.51. The van der Waals surface area contributed by atoms with Crippen molar-refractivity contribution in [2.24, 2.45) is 0 Å². The van der Waals surface area contributed by atoms with Gasteiger partial charge in [0.25, 0.3) is 0 Å². The van der Waals surface area contributed by atoms with Gasteiger partial charge in [0.05, 0.1) is 11.5 Å². The van der Waals surface area contributed by atoms with Gasteiger partial charge >= 0.3 is 0 Å². The molecular weight excluding hydrogens is 518 g/mol. The van der Waals surface area contributed by atoms with Crippen LogP contribution in [0.3, 0.4) is 0 Å². The Morgan fingerprint density at radius 3 is 2.09 bits per heavy atom. The Morgan fingerprint density at radius 2 is 1.47 bits per heavy atom. The van der Waals surface area contributed by atoms with Gasteiger partial charge < -0.3 is 0 Å². The Kier molecular flexibility index (Phi) is 7.61. The minimum Gasteiger partial charge on any atom is -0.192 e. The summed E-state index contributed by atoms with van der Waals surface area (Å²) in [4.78, 5) is 0. The largest absolute Gasteiger partial charge is 0.192 e. The molecule has 0 amide bonds. The highest BCUT2D eigenvalue weighted by Crippen LogP contribution is 2.58. The number of hydrogen-bond donors (Lipinski definition) is 0. The molecule has 206 valence electrons. The fraction of sp³-hybridized carbons (Fsp3) is 0.0714. The van der Waals surface area contributed by atoms with Gasteiger partial charge in [0.2, 0.25) is 0 Å². The molecule has 43 heavy (non-hydrogen) atoms. The van der Waals surface area contributed by atoms with Crippen LogP contribution in [0.15, 0.2) is 152 Å². The highest BCUT2D eigenvalue weighted by molar-refractivity contribution is 5.94. The van der Waals surface area contributed by atoms with Crippen LogP contribution in [0.25, 0.3) is 34.4 Å². The molecule has 0 fully saturated rings. The van der Waals surface area contributed by atoms with Crippen molar-refractivity contribution in [3.8, 4) is 28.3 Å². The van der Waals surface area contributed by atoms with Crippen molar-refractivity contribution in [1.82, 2.24) is 0 Å². The molecule has 0 N–H and O–H groups in total. The minimum absolute atomic E-state index is 0.499. The van der Waals surface area contributed by atoms with Crippen molar-refractivity contribution in [3.05, 3.63) is 191 Å². The number of nitrogens with zero attached hydrogens (tertiary/aromatic N) is 1. The van der Waals surface area contributed by atoms with E-state index in [-0.39, 0.29) is 0 Å². The third kappa shape index (κ3) is 4.68. The standard InChI is InChI=1S/C42H33N/c1-4-14-32-24-26-39-41(37(32)6-3)38-25-23-34(33-16-13-15-31(27-33)22-21-30(5-2)29-43)28-40(38)42(39,35-17-9-7-10-18-35)36-19-11-8-12-20-36/h4-21,23-28H,2-3,22H2,1H3/b14-4-,30-21+. The van der Waals surface area contributed by atoms with E-state index in [2.05, 4.69) is 154 Å². The van der Waals surface area contributed by atoms with Crippen LogP contribution >= 0.6 is 0 Å². The van der Waals surface area contributed by atoms with Crippen LogP contribution in [-0.2, 0) is 11.8 Å². The molecule has 0 saturated carbocycles. The lowest BCUT2D eigenvalue weighted by Gasteiger charge is -2.34. The van der Waals surface area contributed by atoms with Gasteiger partial charge in [-0.2, -0.15) is 5.26 Å². The number of nitriles is 1. The predicted molar refractivity (Wildman–Crippen MR) is 182 cm³/mol. The smallest absolute Gasteiger partial charge is 0.0988 e. The van der Waals surface area contributed by atoms with E-state index in [4.69, 9.17) is 0 Å². The van der Waals surface area contributed by atoms with Crippen molar-refractivity contribution in [1.29, 1.82) is 5.26 Å². The Balaban J connectivity index is 1.65. The van der Waals surface area contributed by atoms with Crippen molar-refractivity contribution < 1.29 is 0 Å². The SMILES string of the molecule is C=C/C(C#N)=C\Cc1cccc(-c2ccc3c(c2)C(c2ccccc2)(c2ccccc2)c2ccc(/C=C\C)c(C=C)c2-3)c1. The quantitative estimate of drug-likeness (QED) is 0.136. The molecule has 0 aromatic heterocycles. The first kappa shape index (κ1) is 27.7. The van der Waals surface area contributed by atoms with Crippen molar-refractivity contribution >= 4 is 12.2 Å². The zero-order valence-corrected chi connectivity index (χ0v) is 24.4. The van der Waals surface area contributed by atoms with Crippen LogP contribution in [0, 0.1) is 11.3 Å². The molecule has 0 bridgehead atoms. The number of benzene rings is 5. The molecule has 0 heterocycles. The number of hydrogen-bond acceptors (Lipinski definition) is 1. The first-order valence-electron chi connectivity index (χ1n) is 14.7. The molecule has 0 spiro atoms. The first-order chi connectivity index (χ1) is 21.1. The lowest BCUT2D eigenvalue weighted by Crippen LogP contribution is -2.28. The maximum Gasteiger partial charge on any atom is 0.0988 e. The molecule has 0 atom stereocenters. The highest BCUT2D eigenvalue weighted by Gasteiger charge is 2.47. The van der Waals surface area contributed by atoms with E-state index < -0.39 is 5.41 Å². The van der Waals surface area contributed by atoms with E-state index in [0.717, 1.165) is 22.3 Å². The van der Waals surface area contributed by atoms with E-state index in [1.807, 2.05) is 12.2 Å². The first-order valence-corrected chi connectivity index (χ1v) is 14.7. The normalized spacial score (nSPS) is 13.3. The lowest BCUT2D eigenvalue weighted by atomic mass is 9.67. The summed E-state index contributed by atoms with van der Waals surface area (Å²) in [6, 6.07) is 44.0. The zero-order valence-electron chi connectivity index (χ0n) is 24.4. The fourth-order valence-corrected chi connectivity index (χ4v) is 6.63. The molecule has 1 aliphatic carbocycles. The lowest BCUT2D eigenvalue weighted by molar-refractivity contribution is 0.768. The number of fused-ring (bicyclic) bond motifs is 3. The second-order valence-electron chi connectivity index (χ2n) is 10.8. The average Bonchev–Trinajstić information content (AvgIpc) is 3.37. The molecule has 1 aliphatic rings. The number of rotatable bonds is 8. The van der Waals surface area contributed by atoms with E-state index in [1.165, 1.54) is 38.9 Å². The van der Waals surface area contributed by atoms with Gasteiger partial charge in [-0.3, -0.25) is 0 Å². The molecule has 0 saturated heterocycles. The van der Waals surface area contributed by atoms with Gasteiger partial charge in [-0.25, -0.2) is 0 Å². The summed E-state index contributed by atoms with van der Waals surface area (Å²) in [5.41, 5.74) is 13.4. The Labute approximate surface area is 255 Å². The van der Waals surface area contributed by atoms with Crippen LogP contribution in [0.5, 0.6) is 0 Å². The van der Waals surface area contributed by atoms with E-state index >= 15 is 0 Å². The minimum atomic E-state index is -0.499. The second kappa shape index (κ2) is 11.8. The van der Waals surface area contributed by atoms with E-state index in [0.29, 0.717) is 12.0 Å². The Hall–Kier alpha value is -5.45. The molecular formula is C42H33N. The van der Waals surface area contributed by atoms with Gasteiger partial charge in [0, 0.05) is 5.57 Å². The maximum atomic E-state index is 9.32. The van der Waals surface area contributed by atoms with Crippen molar-refractivity contribution in [2.45, 2.75) is 18.8 Å². The fourth-order valence-electron chi connectivity index (χ4n) is 6.63. The molecule has 0 aliphatic heterocycles. The summed E-state index contributed by atoms with van der Waals surface area (Å²) >= 11 is 0. The molecule has 1 nitrogen and oxygen atoms in total. The molecule has 5 aromatic carbocycles. The van der Waals surface area contributed by atoms with Crippen LogP contribution in [0.4, 0.5) is 0 Å². The van der Waals surface area contributed by atoms with E-state index in [1.54, 1.807) is 6.08 Å². The van der Waals surface area contributed by atoms with Crippen molar-refractivity contribution in [2.75, 3.05) is 0 Å². The summed E-state index contributed by atoms with van der Waals surface area (Å²) in [6.45, 7) is 10.1. The Bertz CT molecular complexity index is 1890. The van der Waals surface area contributed by atoms with Crippen LogP contribution in [0.2, 0.25) is 0 Å². The van der Waals surface area contributed by atoms with Crippen LogP contribution in [0.1, 0.15) is 45.9 Å².